The summed E-state index contributed by atoms with van der Waals surface area (Å²) in [7, 11) is 0. The standard InChI is InChI=1S/C14H14N4O/c19-10-12-14(16-8-11-4-2-1-3-5-11)18-7-6-15-9-13(18)17-12/h1-7,9,16,19H,8,10H2. The van der Waals surface area contributed by atoms with Crippen LogP contribution in [-0.2, 0) is 13.2 Å². The third-order valence-electron chi connectivity index (χ3n) is 2.95. The third-order valence-corrected chi connectivity index (χ3v) is 2.95. The summed E-state index contributed by atoms with van der Waals surface area (Å²) in [6.45, 7) is 0.586. The van der Waals surface area contributed by atoms with E-state index in [-0.39, 0.29) is 6.61 Å². The Morgan fingerprint density at radius 3 is 2.84 bits per heavy atom. The second-order valence-corrected chi connectivity index (χ2v) is 4.21. The molecule has 0 unspecified atom stereocenters. The predicted molar refractivity (Wildman–Crippen MR) is 72.7 cm³/mol. The van der Waals surface area contributed by atoms with Crippen LogP contribution in [0.15, 0.2) is 48.9 Å². The molecule has 0 bridgehead atoms. The summed E-state index contributed by atoms with van der Waals surface area (Å²) in [6.07, 6.45) is 5.20. The SMILES string of the molecule is OCc1nc2cnccn2c1NCc1ccccc1. The van der Waals surface area contributed by atoms with Crippen molar-refractivity contribution in [1.82, 2.24) is 14.4 Å². The van der Waals surface area contributed by atoms with Gasteiger partial charge in [0.25, 0.3) is 0 Å². The molecule has 5 nitrogen and oxygen atoms in total. The maximum atomic E-state index is 9.38. The number of imidazole rings is 1. The van der Waals surface area contributed by atoms with Gasteiger partial charge in [-0.25, -0.2) is 4.98 Å². The largest absolute Gasteiger partial charge is 0.390 e. The quantitative estimate of drug-likeness (QED) is 0.745. The van der Waals surface area contributed by atoms with Crippen LogP contribution in [0.25, 0.3) is 5.65 Å². The second-order valence-electron chi connectivity index (χ2n) is 4.21. The van der Waals surface area contributed by atoms with Crippen LogP contribution in [0.5, 0.6) is 0 Å². The van der Waals surface area contributed by atoms with Gasteiger partial charge in [-0.2, -0.15) is 0 Å². The van der Waals surface area contributed by atoms with Crippen molar-refractivity contribution in [3.8, 4) is 0 Å². The fourth-order valence-corrected chi connectivity index (χ4v) is 2.03. The highest BCUT2D eigenvalue weighted by Gasteiger charge is 2.10. The Morgan fingerprint density at radius 2 is 2.05 bits per heavy atom. The van der Waals surface area contributed by atoms with Gasteiger partial charge in [0.15, 0.2) is 5.65 Å². The van der Waals surface area contributed by atoms with Crippen LogP contribution in [0.4, 0.5) is 5.82 Å². The van der Waals surface area contributed by atoms with Gasteiger partial charge < -0.3 is 10.4 Å². The van der Waals surface area contributed by atoms with Crippen LogP contribution in [0.1, 0.15) is 11.3 Å². The smallest absolute Gasteiger partial charge is 0.157 e. The van der Waals surface area contributed by atoms with Gasteiger partial charge >= 0.3 is 0 Å². The lowest BCUT2D eigenvalue weighted by Gasteiger charge is -2.07. The van der Waals surface area contributed by atoms with Gasteiger partial charge in [0.05, 0.1) is 12.8 Å². The summed E-state index contributed by atoms with van der Waals surface area (Å²) in [5.41, 5.74) is 2.53. The van der Waals surface area contributed by atoms with Crippen molar-refractivity contribution in [1.29, 1.82) is 0 Å². The molecule has 3 rings (SSSR count). The summed E-state index contributed by atoms with van der Waals surface area (Å²) in [4.78, 5) is 8.36. The molecule has 0 saturated heterocycles. The third kappa shape index (κ3) is 2.28. The lowest BCUT2D eigenvalue weighted by molar-refractivity contribution is 0.278. The molecule has 0 atom stereocenters. The first-order valence-corrected chi connectivity index (χ1v) is 6.08. The number of hydrogen-bond acceptors (Lipinski definition) is 4. The number of nitrogens with one attached hydrogen (secondary N) is 1. The topological polar surface area (TPSA) is 62.5 Å². The minimum absolute atomic E-state index is 0.0984. The lowest BCUT2D eigenvalue weighted by Crippen LogP contribution is -2.04. The summed E-state index contributed by atoms with van der Waals surface area (Å²) in [5, 5.41) is 12.7. The van der Waals surface area contributed by atoms with E-state index in [0.717, 1.165) is 11.5 Å². The molecule has 2 N–H and O–H groups in total. The molecule has 0 aliphatic carbocycles. The van der Waals surface area contributed by atoms with E-state index in [0.29, 0.717) is 12.2 Å². The number of hydrogen-bond donors (Lipinski definition) is 2. The van der Waals surface area contributed by atoms with Gasteiger partial charge in [-0.1, -0.05) is 30.3 Å². The molecular formula is C14H14N4O. The summed E-state index contributed by atoms with van der Waals surface area (Å²) >= 11 is 0. The van der Waals surface area contributed by atoms with E-state index in [9.17, 15) is 5.11 Å². The van der Waals surface area contributed by atoms with E-state index in [1.807, 2.05) is 28.8 Å². The average Bonchev–Trinajstić information content (AvgIpc) is 2.84. The molecule has 0 radical (unpaired) electrons. The predicted octanol–water partition coefficient (Wildman–Crippen LogP) is 1.83. The van der Waals surface area contributed by atoms with Crippen LogP contribution in [0.2, 0.25) is 0 Å². The summed E-state index contributed by atoms with van der Waals surface area (Å²) in [6, 6.07) is 10.1. The molecule has 0 amide bonds. The van der Waals surface area contributed by atoms with Crippen LogP contribution in [0, 0.1) is 0 Å². The number of aromatic nitrogens is 3. The Hall–Kier alpha value is -2.40. The zero-order valence-electron chi connectivity index (χ0n) is 10.3. The van der Waals surface area contributed by atoms with Crippen molar-refractivity contribution >= 4 is 11.5 Å². The van der Waals surface area contributed by atoms with Gasteiger partial charge in [-0.3, -0.25) is 9.38 Å². The first kappa shape index (κ1) is 11.7. The van der Waals surface area contributed by atoms with Crippen molar-refractivity contribution in [2.24, 2.45) is 0 Å². The molecule has 0 saturated carbocycles. The molecule has 0 fully saturated rings. The normalized spacial score (nSPS) is 10.8. The molecule has 96 valence electrons. The van der Waals surface area contributed by atoms with Crippen LogP contribution >= 0.6 is 0 Å². The molecule has 2 aromatic heterocycles. The van der Waals surface area contributed by atoms with E-state index in [2.05, 4.69) is 27.4 Å². The van der Waals surface area contributed by atoms with Gasteiger partial charge in [-0.05, 0) is 5.56 Å². The fourth-order valence-electron chi connectivity index (χ4n) is 2.03. The monoisotopic (exact) mass is 254 g/mol. The number of anilines is 1. The van der Waals surface area contributed by atoms with Crippen molar-refractivity contribution in [2.45, 2.75) is 13.2 Å². The summed E-state index contributed by atoms with van der Waals surface area (Å²) in [5.74, 6) is 0.809. The van der Waals surface area contributed by atoms with Crippen molar-refractivity contribution < 1.29 is 5.11 Å². The molecule has 2 heterocycles. The molecule has 0 spiro atoms. The minimum atomic E-state index is -0.0984. The maximum Gasteiger partial charge on any atom is 0.157 e. The average molecular weight is 254 g/mol. The number of aliphatic hydroxyl groups is 1. The van der Waals surface area contributed by atoms with Crippen molar-refractivity contribution in [3.63, 3.8) is 0 Å². The fraction of sp³-hybridized carbons (Fsp3) is 0.143. The Labute approximate surface area is 110 Å². The van der Waals surface area contributed by atoms with Crippen molar-refractivity contribution in [2.75, 3.05) is 5.32 Å². The van der Waals surface area contributed by atoms with Gasteiger partial charge in [0.1, 0.15) is 11.5 Å². The van der Waals surface area contributed by atoms with E-state index < -0.39 is 0 Å². The highest BCUT2D eigenvalue weighted by Crippen LogP contribution is 2.18. The van der Waals surface area contributed by atoms with E-state index in [4.69, 9.17) is 0 Å². The van der Waals surface area contributed by atoms with Gasteiger partial charge in [0.2, 0.25) is 0 Å². The number of benzene rings is 1. The summed E-state index contributed by atoms with van der Waals surface area (Å²) < 4.78 is 1.89. The molecule has 19 heavy (non-hydrogen) atoms. The first-order valence-electron chi connectivity index (χ1n) is 6.08. The number of aliphatic hydroxyl groups excluding tert-OH is 1. The van der Waals surface area contributed by atoms with Crippen LogP contribution in [-0.4, -0.2) is 19.5 Å². The number of rotatable bonds is 4. The highest BCUT2D eigenvalue weighted by molar-refractivity contribution is 5.54. The zero-order chi connectivity index (χ0) is 13.1. The number of fused-ring (bicyclic) bond motifs is 1. The van der Waals surface area contributed by atoms with E-state index in [1.54, 1.807) is 12.4 Å². The van der Waals surface area contributed by atoms with Gasteiger partial charge in [0, 0.05) is 18.9 Å². The molecule has 3 aromatic rings. The Kier molecular flexibility index (Phi) is 3.12. The minimum Gasteiger partial charge on any atom is -0.390 e. The Balaban J connectivity index is 1.91. The molecule has 0 aliphatic rings. The van der Waals surface area contributed by atoms with Crippen LogP contribution in [0.3, 0.4) is 0 Å². The Bertz CT molecular complexity index is 678. The van der Waals surface area contributed by atoms with E-state index >= 15 is 0 Å². The van der Waals surface area contributed by atoms with Crippen LogP contribution < -0.4 is 5.32 Å². The molecule has 0 aliphatic heterocycles. The highest BCUT2D eigenvalue weighted by atomic mass is 16.3. The molecular weight excluding hydrogens is 240 g/mol. The van der Waals surface area contributed by atoms with Gasteiger partial charge in [-0.15, -0.1) is 0 Å². The number of nitrogens with zero attached hydrogens (tertiary/aromatic N) is 3. The second kappa shape index (κ2) is 5.07. The Morgan fingerprint density at radius 1 is 1.21 bits per heavy atom. The maximum absolute atomic E-state index is 9.38. The van der Waals surface area contributed by atoms with E-state index in [1.165, 1.54) is 5.56 Å². The lowest BCUT2D eigenvalue weighted by atomic mass is 10.2. The zero-order valence-corrected chi connectivity index (χ0v) is 10.3. The molecule has 1 aromatic carbocycles. The molecule has 5 heteroatoms. The van der Waals surface area contributed by atoms with Crippen molar-refractivity contribution in [3.05, 3.63) is 60.2 Å². The first-order chi connectivity index (χ1) is 9.38.